The van der Waals surface area contributed by atoms with E-state index in [4.69, 9.17) is 15.2 Å². The van der Waals surface area contributed by atoms with E-state index in [0.29, 0.717) is 24.5 Å². The number of rotatable bonds is 5. The molecule has 2 aliphatic rings. The Labute approximate surface area is 164 Å². The Bertz CT molecular complexity index is 855. The summed E-state index contributed by atoms with van der Waals surface area (Å²) in [6, 6.07) is 9.98. The zero-order valence-electron chi connectivity index (χ0n) is 16.2. The predicted octanol–water partition coefficient (Wildman–Crippen LogP) is 4.75. The third kappa shape index (κ3) is 3.86. The van der Waals surface area contributed by atoms with Crippen LogP contribution < -0.4 is 15.2 Å². The van der Waals surface area contributed by atoms with Crippen LogP contribution in [-0.4, -0.2) is 19.8 Å². The summed E-state index contributed by atoms with van der Waals surface area (Å²) in [5.74, 6) is -1.28. The molecule has 3 unspecified atom stereocenters. The number of benzene rings is 2. The minimum Gasteiger partial charge on any atom is -0.494 e. The third-order valence-corrected chi connectivity index (χ3v) is 6.21. The van der Waals surface area contributed by atoms with Crippen LogP contribution in [0.3, 0.4) is 0 Å². The smallest absolute Gasteiger partial charge is 0.204 e. The molecule has 150 valence electrons. The Kier molecular flexibility index (Phi) is 5.54. The highest BCUT2D eigenvalue weighted by molar-refractivity contribution is 5.37. The van der Waals surface area contributed by atoms with E-state index in [1.807, 2.05) is 0 Å². The quantitative estimate of drug-likeness (QED) is 0.805. The number of hydrogen-bond acceptors (Lipinski definition) is 3. The Hall–Kier alpha value is -2.14. The molecule has 1 fully saturated rings. The van der Waals surface area contributed by atoms with Gasteiger partial charge in [0, 0.05) is 6.04 Å². The molecule has 4 rings (SSSR count). The topological polar surface area (TPSA) is 44.5 Å². The SMILES string of the molecule is COc1ccc(OCC2CCc3cc(C4CCC(N)C4)ccc3C2)c(F)c1F. The summed E-state index contributed by atoms with van der Waals surface area (Å²) in [5, 5.41) is 0. The molecule has 0 aliphatic heterocycles. The van der Waals surface area contributed by atoms with Crippen molar-refractivity contribution in [1.29, 1.82) is 0 Å². The van der Waals surface area contributed by atoms with Crippen LogP contribution in [0.5, 0.6) is 11.5 Å². The largest absolute Gasteiger partial charge is 0.494 e. The maximum Gasteiger partial charge on any atom is 0.204 e. The first kappa shape index (κ1) is 19.2. The van der Waals surface area contributed by atoms with Crippen LogP contribution in [0.15, 0.2) is 30.3 Å². The van der Waals surface area contributed by atoms with Gasteiger partial charge in [0.2, 0.25) is 11.6 Å². The molecule has 5 heteroatoms. The van der Waals surface area contributed by atoms with Crippen molar-refractivity contribution in [3.05, 3.63) is 58.7 Å². The summed E-state index contributed by atoms with van der Waals surface area (Å²) in [6.07, 6.45) is 6.26. The van der Waals surface area contributed by atoms with Gasteiger partial charge in [-0.2, -0.15) is 8.78 Å². The molecule has 0 saturated heterocycles. The number of fused-ring (bicyclic) bond motifs is 1. The summed E-state index contributed by atoms with van der Waals surface area (Å²) < 4.78 is 38.3. The molecule has 0 amide bonds. The van der Waals surface area contributed by atoms with Gasteiger partial charge in [0.25, 0.3) is 0 Å². The molecule has 28 heavy (non-hydrogen) atoms. The first-order valence-electron chi connectivity index (χ1n) is 10.1. The normalized spacial score (nSPS) is 24.1. The minimum absolute atomic E-state index is 0.0583. The van der Waals surface area contributed by atoms with Crippen LogP contribution in [0, 0.1) is 17.6 Å². The van der Waals surface area contributed by atoms with Crippen molar-refractivity contribution in [3.63, 3.8) is 0 Å². The third-order valence-electron chi connectivity index (χ3n) is 6.21. The van der Waals surface area contributed by atoms with Gasteiger partial charge in [0.15, 0.2) is 11.5 Å². The van der Waals surface area contributed by atoms with Gasteiger partial charge in [-0.25, -0.2) is 0 Å². The van der Waals surface area contributed by atoms with Crippen LogP contribution in [0.4, 0.5) is 8.78 Å². The number of halogens is 2. The molecular formula is C23H27F2NO2. The highest BCUT2D eigenvalue weighted by Crippen LogP contribution is 2.36. The van der Waals surface area contributed by atoms with Gasteiger partial charge in [-0.05, 0) is 79.2 Å². The molecule has 2 N–H and O–H groups in total. The molecular weight excluding hydrogens is 360 g/mol. The summed E-state index contributed by atoms with van der Waals surface area (Å²) in [7, 11) is 1.31. The van der Waals surface area contributed by atoms with E-state index in [0.717, 1.165) is 32.1 Å². The molecule has 0 heterocycles. The molecule has 2 aromatic carbocycles. The van der Waals surface area contributed by atoms with Gasteiger partial charge >= 0.3 is 0 Å². The minimum atomic E-state index is -1.01. The van der Waals surface area contributed by atoms with Gasteiger partial charge in [0.05, 0.1) is 13.7 Å². The zero-order chi connectivity index (χ0) is 19.7. The first-order valence-corrected chi connectivity index (χ1v) is 10.1. The van der Waals surface area contributed by atoms with Crippen LogP contribution in [0.2, 0.25) is 0 Å². The average Bonchev–Trinajstić information content (AvgIpc) is 3.15. The Morgan fingerprint density at radius 2 is 1.79 bits per heavy atom. The highest BCUT2D eigenvalue weighted by atomic mass is 19.2. The lowest BCUT2D eigenvalue weighted by atomic mass is 9.82. The predicted molar refractivity (Wildman–Crippen MR) is 105 cm³/mol. The molecule has 2 aromatic rings. The molecule has 0 bridgehead atoms. The van der Waals surface area contributed by atoms with Crippen LogP contribution in [-0.2, 0) is 12.8 Å². The summed E-state index contributed by atoms with van der Waals surface area (Å²) in [6.45, 7) is 0.376. The number of aryl methyl sites for hydroxylation is 1. The van der Waals surface area contributed by atoms with Gasteiger partial charge in [0.1, 0.15) is 0 Å². The number of ether oxygens (including phenoxy) is 2. The summed E-state index contributed by atoms with van der Waals surface area (Å²) in [4.78, 5) is 0. The van der Waals surface area contributed by atoms with Crippen molar-refractivity contribution < 1.29 is 18.3 Å². The number of hydrogen-bond donors (Lipinski definition) is 1. The fourth-order valence-corrected chi connectivity index (χ4v) is 4.56. The Morgan fingerprint density at radius 1 is 1.00 bits per heavy atom. The molecule has 0 radical (unpaired) electrons. The molecule has 3 nitrogen and oxygen atoms in total. The number of methoxy groups -OCH3 is 1. The van der Waals surface area contributed by atoms with Gasteiger partial charge in [-0.15, -0.1) is 0 Å². The lowest BCUT2D eigenvalue weighted by Crippen LogP contribution is -2.21. The average molecular weight is 387 g/mol. The fourth-order valence-electron chi connectivity index (χ4n) is 4.56. The van der Waals surface area contributed by atoms with E-state index in [-0.39, 0.29) is 11.5 Å². The Balaban J connectivity index is 1.39. The van der Waals surface area contributed by atoms with Crippen LogP contribution in [0.25, 0.3) is 0 Å². The maximum absolute atomic E-state index is 14.1. The zero-order valence-corrected chi connectivity index (χ0v) is 16.2. The first-order chi connectivity index (χ1) is 13.5. The Morgan fingerprint density at radius 3 is 2.54 bits per heavy atom. The van der Waals surface area contributed by atoms with E-state index < -0.39 is 11.6 Å². The van der Waals surface area contributed by atoms with Gasteiger partial charge in [-0.1, -0.05) is 18.2 Å². The van der Waals surface area contributed by atoms with Crippen molar-refractivity contribution in [2.75, 3.05) is 13.7 Å². The van der Waals surface area contributed by atoms with Crippen LogP contribution in [0.1, 0.15) is 48.3 Å². The molecule has 1 saturated carbocycles. The van der Waals surface area contributed by atoms with E-state index in [9.17, 15) is 8.78 Å². The van der Waals surface area contributed by atoms with Gasteiger partial charge < -0.3 is 15.2 Å². The van der Waals surface area contributed by atoms with E-state index in [2.05, 4.69) is 18.2 Å². The van der Waals surface area contributed by atoms with E-state index in [1.54, 1.807) is 0 Å². The molecule has 0 spiro atoms. The van der Waals surface area contributed by atoms with E-state index >= 15 is 0 Å². The lowest BCUT2D eigenvalue weighted by Gasteiger charge is -2.26. The molecule has 2 aliphatic carbocycles. The van der Waals surface area contributed by atoms with Gasteiger partial charge in [-0.3, -0.25) is 0 Å². The van der Waals surface area contributed by atoms with E-state index in [1.165, 1.54) is 42.4 Å². The molecule has 0 aromatic heterocycles. The monoisotopic (exact) mass is 387 g/mol. The fraction of sp³-hybridized carbons (Fsp3) is 0.478. The van der Waals surface area contributed by atoms with Crippen molar-refractivity contribution in [2.24, 2.45) is 11.7 Å². The maximum atomic E-state index is 14.1. The second-order valence-corrected chi connectivity index (χ2v) is 8.11. The van der Waals surface area contributed by atoms with Crippen molar-refractivity contribution >= 4 is 0 Å². The second kappa shape index (κ2) is 8.08. The summed E-state index contributed by atoms with van der Waals surface area (Å²) >= 11 is 0. The van der Waals surface area contributed by atoms with Crippen molar-refractivity contribution in [2.45, 2.75) is 50.5 Å². The van der Waals surface area contributed by atoms with Crippen molar-refractivity contribution in [1.82, 2.24) is 0 Å². The standard InChI is InChI=1S/C23H27F2NO2/c1-27-20-8-9-21(23(25)22(20)24)28-13-14-2-3-16-11-17(5-4-15(16)10-14)18-6-7-19(26)12-18/h4-5,8-9,11,14,18-19H,2-3,6-7,10,12-13,26H2,1H3. The summed E-state index contributed by atoms with van der Waals surface area (Å²) in [5.41, 5.74) is 10.2. The lowest BCUT2D eigenvalue weighted by molar-refractivity contribution is 0.222. The second-order valence-electron chi connectivity index (χ2n) is 8.11. The van der Waals surface area contributed by atoms with Crippen LogP contribution >= 0.6 is 0 Å². The van der Waals surface area contributed by atoms with Crippen molar-refractivity contribution in [3.8, 4) is 11.5 Å². The number of nitrogens with two attached hydrogens (primary N) is 1. The molecule has 3 atom stereocenters. The highest BCUT2D eigenvalue weighted by Gasteiger charge is 2.26.